The Bertz CT molecular complexity index is 391. The van der Waals surface area contributed by atoms with Gasteiger partial charge in [-0.15, -0.1) is 0 Å². The summed E-state index contributed by atoms with van der Waals surface area (Å²) >= 11 is 0. The highest BCUT2D eigenvalue weighted by molar-refractivity contribution is 5.56. The minimum Gasteiger partial charge on any atom is -0.491 e. The maximum absolute atomic E-state index is 5.82. The van der Waals surface area contributed by atoms with Crippen molar-refractivity contribution >= 4 is 5.69 Å². The molecule has 106 valence electrons. The maximum atomic E-state index is 5.82. The Morgan fingerprint density at radius 2 is 2.00 bits per heavy atom. The van der Waals surface area contributed by atoms with E-state index in [9.17, 15) is 0 Å². The molecule has 3 atom stereocenters. The summed E-state index contributed by atoms with van der Waals surface area (Å²) < 4.78 is 5.82. The molecule has 2 nitrogen and oxygen atoms in total. The molecule has 3 unspecified atom stereocenters. The zero-order chi connectivity index (χ0) is 13.7. The molecule has 1 N–H and O–H groups in total. The van der Waals surface area contributed by atoms with E-state index in [1.807, 2.05) is 6.07 Å². The van der Waals surface area contributed by atoms with Crippen LogP contribution in [0.5, 0.6) is 5.75 Å². The molecule has 1 aliphatic rings. The molecule has 1 saturated carbocycles. The van der Waals surface area contributed by atoms with E-state index >= 15 is 0 Å². The molecule has 0 spiro atoms. The third-order valence-electron chi connectivity index (χ3n) is 4.12. The number of hydrogen-bond acceptors (Lipinski definition) is 2. The van der Waals surface area contributed by atoms with Gasteiger partial charge in [0.05, 0.1) is 12.3 Å². The quantitative estimate of drug-likeness (QED) is 0.828. The van der Waals surface area contributed by atoms with Crippen LogP contribution >= 0.6 is 0 Å². The van der Waals surface area contributed by atoms with Crippen molar-refractivity contribution in [2.75, 3.05) is 11.9 Å². The second kappa shape index (κ2) is 6.83. The van der Waals surface area contributed by atoms with Crippen LogP contribution in [-0.2, 0) is 0 Å². The van der Waals surface area contributed by atoms with Crippen molar-refractivity contribution in [3.63, 3.8) is 0 Å². The number of hydrogen-bond donors (Lipinski definition) is 1. The van der Waals surface area contributed by atoms with Gasteiger partial charge in [0.25, 0.3) is 0 Å². The van der Waals surface area contributed by atoms with E-state index in [4.69, 9.17) is 4.74 Å². The first kappa shape index (κ1) is 14.2. The molecular weight excluding hydrogens is 234 g/mol. The summed E-state index contributed by atoms with van der Waals surface area (Å²) in [5, 5.41) is 3.70. The van der Waals surface area contributed by atoms with Crippen LogP contribution in [-0.4, -0.2) is 12.6 Å². The summed E-state index contributed by atoms with van der Waals surface area (Å²) in [6.45, 7) is 7.66. The zero-order valence-electron chi connectivity index (χ0n) is 12.5. The molecule has 1 aromatic carbocycles. The maximum Gasteiger partial charge on any atom is 0.142 e. The molecule has 0 aliphatic heterocycles. The zero-order valence-corrected chi connectivity index (χ0v) is 12.5. The molecule has 1 aliphatic carbocycles. The van der Waals surface area contributed by atoms with Crippen LogP contribution in [0.3, 0.4) is 0 Å². The van der Waals surface area contributed by atoms with Crippen molar-refractivity contribution in [2.45, 2.75) is 52.5 Å². The highest BCUT2D eigenvalue weighted by Gasteiger charge is 2.25. The Labute approximate surface area is 117 Å². The van der Waals surface area contributed by atoms with Crippen LogP contribution in [0, 0.1) is 11.8 Å². The minimum absolute atomic E-state index is 0.586. The Hall–Kier alpha value is -1.18. The lowest BCUT2D eigenvalue weighted by atomic mass is 9.80. The van der Waals surface area contributed by atoms with E-state index in [2.05, 4.69) is 44.3 Å². The lowest BCUT2D eigenvalue weighted by molar-refractivity contribution is 0.275. The van der Waals surface area contributed by atoms with Gasteiger partial charge in [0, 0.05) is 6.04 Å². The minimum atomic E-state index is 0.586. The van der Waals surface area contributed by atoms with Crippen LogP contribution in [0.4, 0.5) is 5.69 Å². The molecule has 0 heterocycles. The van der Waals surface area contributed by atoms with E-state index in [1.165, 1.54) is 19.3 Å². The normalized spacial score (nSPS) is 27.0. The topological polar surface area (TPSA) is 21.3 Å². The second-order valence-electron chi connectivity index (χ2n) is 5.99. The summed E-state index contributed by atoms with van der Waals surface area (Å²) in [5.74, 6) is 2.61. The van der Waals surface area contributed by atoms with Gasteiger partial charge in [0.15, 0.2) is 0 Å². The first-order valence-electron chi connectivity index (χ1n) is 7.69. The molecule has 19 heavy (non-hydrogen) atoms. The highest BCUT2D eigenvalue weighted by atomic mass is 16.5. The number of anilines is 1. The molecule has 2 rings (SSSR count). The highest BCUT2D eigenvalue weighted by Crippen LogP contribution is 2.33. The van der Waals surface area contributed by atoms with Gasteiger partial charge in [0.2, 0.25) is 0 Å². The molecular formula is C17H27NO. The molecule has 0 amide bonds. The van der Waals surface area contributed by atoms with E-state index in [1.54, 1.807) is 0 Å². The third-order valence-corrected chi connectivity index (χ3v) is 4.12. The van der Waals surface area contributed by atoms with Crippen molar-refractivity contribution in [3.05, 3.63) is 24.3 Å². The Morgan fingerprint density at radius 3 is 2.74 bits per heavy atom. The molecule has 2 heteroatoms. The van der Waals surface area contributed by atoms with Gasteiger partial charge in [-0.1, -0.05) is 32.9 Å². The fourth-order valence-corrected chi connectivity index (χ4v) is 3.00. The molecule has 0 bridgehead atoms. The van der Waals surface area contributed by atoms with E-state index < -0.39 is 0 Å². The van der Waals surface area contributed by atoms with Gasteiger partial charge >= 0.3 is 0 Å². The number of rotatable bonds is 5. The van der Waals surface area contributed by atoms with E-state index in [0.29, 0.717) is 6.04 Å². The largest absolute Gasteiger partial charge is 0.491 e. The van der Waals surface area contributed by atoms with Crippen molar-refractivity contribution in [1.82, 2.24) is 0 Å². The van der Waals surface area contributed by atoms with E-state index in [0.717, 1.165) is 36.3 Å². The molecule has 0 aromatic heterocycles. The Kier molecular flexibility index (Phi) is 5.12. The Morgan fingerprint density at radius 1 is 1.21 bits per heavy atom. The molecule has 0 saturated heterocycles. The summed E-state index contributed by atoms with van der Waals surface area (Å²) in [6.07, 6.45) is 4.98. The fraction of sp³-hybridized carbons (Fsp3) is 0.647. The van der Waals surface area contributed by atoms with Gasteiger partial charge in [-0.05, 0) is 49.7 Å². The van der Waals surface area contributed by atoms with Gasteiger partial charge < -0.3 is 10.1 Å². The first-order valence-corrected chi connectivity index (χ1v) is 7.69. The average Bonchev–Trinajstić information content (AvgIpc) is 2.41. The first-order chi connectivity index (χ1) is 9.20. The second-order valence-corrected chi connectivity index (χ2v) is 5.99. The van der Waals surface area contributed by atoms with Crippen molar-refractivity contribution in [3.8, 4) is 5.75 Å². The van der Waals surface area contributed by atoms with Crippen molar-refractivity contribution in [2.24, 2.45) is 11.8 Å². The van der Waals surface area contributed by atoms with Gasteiger partial charge in [-0.2, -0.15) is 0 Å². The Balaban J connectivity index is 2.01. The predicted molar refractivity (Wildman–Crippen MR) is 81.8 cm³/mol. The lowest BCUT2D eigenvalue weighted by Crippen LogP contribution is -2.33. The molecule has 1 aromatic rings. The number of nitrogens with one attached hydrogen (secondary N) is 1. The van der Waals surface area contributed by atoms with Crippen molar-refractivity contribution < 1.29 is 4.74 Å². The smallest absolute Gasteiger partial charge is 0.142 e. The standard InChI is InChI=1S/C17H27NO/c1-4-11-19-17-8-6-5-7-16(17)18-15-10-9-13(2)12-14(15)3/h5-8,13-15,18H,4,9-12H2,1-3H3. The fourth-order valence-electron chi connectivity index (χ4n) is 3.00. The van der Waals surface area contributed by atoms with Crippen LogP contribution in [0.15, 0.2) is 24.3 Å². The summed E-state index contributed by atoms with van der Waals surface area (Å²) in [5.41, 5.74) is 1.15. The number of para-hydroxylation sites is 2. The monoisotopic (exact) mass is 261 g/mol. The van der Waals surface area contributed by atoms with Crippen LogP contribution in [0.25, 0.3) is 0 Å². The van der Waals surface area contributed by atoms with E-state index in [-0.39, 0.29) is 0 Å². The van der Waals surface area contributed by atoms with Crippen LogP contribution in [0.1, 0.15) is 46.5 Å². The van der Waals surface area contributed by atoms with Gasteiger partial charge in [-0.25, -0.2) is 0 Å². The predicted octanol–water partition coefficient (Wildman–Crippen LogP) is 4.71. The third kappa shape index (κ3) is 3.89. The SMILES string of the molecule is CCCOc1ccccc1NC1CCC(C)CC1C. The van der Waals surface area contributed by atoms with Crippen molar-refractivity contribution in [1.29, 1.82) is 0 Å². The van der Waals surface area contributed by atoms with Gasteiger partial charge in [0.1, 0.15) is 5.75 Å². The summed E-state index contributed by atoms with van der Waals surface area (Å²) in [4.78, 5) is 0. The average molecular weight is 261 g/mol. The number of benzene rings is 1. The molecule has 1 fully saturated rings. The van der Waals surface area contributed by atoms with Gasteiger partial charge in [-0.3, -0.25) is 0 Å². The number of ether oxygens (including phenoxy) is 1. The van der Waals surface area contributed by atoms with Crippen LogP contribution < -0.4 is 10.1 Å². The summed E-state index contributed by atoms with van der Waals surface area (Å²) in [7, 11) is 0. The summed E-state index contributed by atoms with van der Waals surface area (Å²) in [6, 6.07) is 8.91. The molecule has 0 radical (unpaired) electrons. The lowest BCUT2D eigenvalue weighted by Gasteiger charge is -2.34. The van der Waals surface area contributed by atoms with Crippen LogP contribution in [0.2, 0.25) is 0 Å².